The van der Waals surface area contributed by atoms with Crippen molar-refractivity contribution in [3.63, 3.8) is 0 Å². The molecule has 0 aromatic rings. The number of ether oxygens (including phenoxy) is 1. The van der Waals surface area contributed by atoms with Crippen molar-refractivity contribution in [2.45, 2.75) is 66.7 Å². The summed E-state index contributed by atoms with van der Waals surface area (Å²) in [5.74, 6) is 0.148. The van der Waals surface area contributed by atoms with Crippen molar-refractivity contribution in [1.29, 1.82) is 0 Å². The summed E-state index contributed by atoms with van der Waals surface area (Å²) in [6, 6.07) is 0. The topological polar surface area (TPSA) is 43.4 Å². The molecule has 0 aromatic carbocycles. The molecular formula is C16H30O3. The molecule has 112 valence electrons. The second-order valence-corrected chi connectivity index (χ2v) is 4.88. The number of hydrogen-bond acceptors (Lipinski definition) is 3. The number of allylic oxidation sites excluding steroid dienone is 2. The maximum Gasteiger partial charge on any atom is 0.305 e. The van der Waals surface area contributed by atoms with Crippen LogP contribution in [0.2, 0.25) is 0 Å². The van der Waals surface area contributed by atoms with Gasteiger partial charge in [0.25, 0.3) is 0 Å². The largest absolute Gasteiger partial charge is 0.466 e. The molecule has 3 nitrogen and oxygen atoms in total. The van der Waals surface area contributed by atoms with Gasteiger partial charge in [-0.05, 0) is 40.0 Å². The van der Waals surface area contributed by atoms with Gasteiger partial charge in [0.05, 0.1) is 6.61 Å². The van der Waals surface area contributed by atoms with Crippen molar-refractivity contribution in [3.8, 4) is 0 Å². The molecule has 0 bridgehead atoms. The van der Waals surface area contributed by atoms with E-state index in [9.17, 15) is 9.59 Å². The van der Waals surface area contributed by atoms with Crippen LogP contribution in [0, 0.1) is 5.92 Å². The van der Waals surface area contributed by atoms with E-state index >= 15 is 0 Å². The molecule has 0 aromatic heterocycles. The Hall–Kier alpha value is -1.12. The maximum atomic E-state index is 10.6. The highest BCUT2D eigenvalue weighted by atomic mass is 16.5. The number of rotatable bonds is 8. The molecule has 0 aliphatic heterocycles. The highest BCUT2D eigenvalue weighted by Gasteiger charge is 1.97. The summed E-state index contributed by atoms with van der Waals surface area (Å²) < 4.78 is 4.70. The number of aldehydes is 1. The van der Waals surface area contributed by atoms with Crippen LogP contribution < -0.4 is 0 Å². The van der Waals surface area contributed by atoms with Gasteiger partial charge in [0.15, 0.2) is 0 Å². The number of carbonyl (C=O) groups is 2. The Morgan fingerprint density at radius 2 is 1.89 bits per heavy atom. The van der Waals surface area contributed by atoms with Gasteiger partial charge in [-0.2, -0.15) is 0 Å². The Kier molecular flexibility index (Phi) is 15.9. The van der Waals surface area contributed by atoms with Crippen molar-refractivity contribution in [2.24, 2.45) is 5.92 Å². The van der Waals surface area contributed by atoms with Gasteiger partial charge in [-0.1, -0.05) is 31.9 Å². The smallest absolute Gasteiger partial charge is 0.305 e. The minimum absolute atomic E-state index is 0.0700. The molecule has 19 heavy (non-hydrogen) atoms. The van der Waals surface area contributed by atoms with Gasteiger partial charge in [-0.15, -0.1) is 0 Å². The zero-order valence-electron chi connectivity index (χ0n) is 13.2. The maximum absolute atomic E-state index is 10.6. The van der Waals surface area contributed by atoms with Crippen LogP contribution in [0.3, 0.4) is 0 Å². The average molecular weight is 270 g/mol. The van der Waals surface area contributed by atoms with Gasteiger partial charge < -0.3 is 9.53 Å². The Labute approximate surface area is 118 Å². The molecule has 0 saturated carbocycles. The van der Waals surface area contributed by atoms with E-state index < -0.39 is 0 Å². The lowest BCUT2D eigenvalue weighted by molar-refractivity contribution is -0.143. The highest BCUT2D eigenvalue weighted by Crippen LogP contribution is 2.04. The van der Waals surface area contributed by atoms with Crippen LogP contribution in [-0.4, -0.2) is 18.9 Å². The lowest BCUT2D eigenvalue weighted by Gasteiger charge is -1.98. The molecule has 0 aliphatic carbocycles. The molecule has 1 atom stereocenters. The van der Waals surface area contributed by atoms with Crippen LogP contribution in [0.1, 0.15) is 66.7 Å². The van der Waals surface area contributed by atoms with Crippen molar-refractivity contribution < 1.29 is 14.3 Å². The third-order valence-electron chi connectivity index (χ3n) is 2.45. The zero-order chi connectivity index (χ0) is 15.1. The summed E-state index contributed by atoms with van der Waals surface area (Å²) in [5.41, 5.74) is 1.33. The molecule has 1 unspecified atom stereocenters. The lowest BCUT2D eigenvalue weighted by atomic mass is 10.1. The average Bonchev–Trinajstić information content (AvgIpc) is 2.36. The molecule has 0 amide bonds. The predicted molar refractivity (Wildman–Crippen MR) is 80.1 cm³/mol. The standard InChI is InChI=1S/C9H16O.C7H14O2/c1-8(2)5-4-6-9(3)7-10;1-3-5-6-7(8)9-4-2/h5,7,9H,4,6H2,1-3H3;3-6H2,1-2H3. The van der Waals surface area contributed by atoms with Crippen molar-refractivity contribution >= 4 is 12.3 Å². The van der Waals surface area contributed by atoms with E-state index in [1.165, 1.54) is 5.57 Å². The van der Waals surface area contributed by atoms with Gasteiger partial charge >= 0.3 is 5.97 Å². The SMILES string of the molecule is CC(C)=CCCC(C)C=O.CCCCC(=O)OCC. The van der Waals surface area contributed by atoms with Gasteiger partial charge in [0.1, 0.15) is 6.29 Å². The molecule has 0 saturated heterocycles. The molecule has 0 fully saturated rings. The molecule has 0 N–H and O–H groups in total. The zero-order valence-corrected chi connectivity index (χ0v) is 13.2. The van der Waals surface area contributed by atoms with Gasteiger partial charge in [-0.25, -0.2) is 0 Å². The third kappa shape index (κ3) is 19.4. The van der Waals surface area contributed by atoms with E-state index in [0.717, 1.165) is 32.0 Å². The fourth-order valence-electron chi connectivity index (χ4n) is 1.26. The number of esters is 1. The minimum Gasteiger partial charge on any atom is -0.466 e. The second kappa shape index (κ2) is 14.9. The predicted octanol–water partition coefficient (Wildman–Crippen LogP) is 4.31. The van der Waals surface area contributed by atoms with Crippen molar-refractivity contribution in [3.05, 3.63) is 11.6 Å². The molecular weight excluding hydrogens is 240 g/mol. The lowest BCUT2D eigenvalue weighted by Crippen LogP contribution is -2.02. The second-order valence-electron chi connectivity index (χ2n) is 4.88. The van der Waals surface area contributed by atoms with Gasteiger partial charge in [0, 0.05) is 12.3 Å². The Morgan fingerprint density at radius 3 is 2.32 bits per heavy atom. The van der Waals surface area contributed by atoms with E-state index in [1.807, 2.05) is 13.8 Å². The van der Waals surface area contributed by atoms with Crippen LogP contribution >= 0.6 is 0 Å². The van der Waals surface area contributed by atoms with Crippen LogP contribution in [0.5, 0.6) is 0 Å². The van der Waals surface area contributed by atoms with Gasteiger partial charge in [-0.3, -0.25) is 4.79 Å². The Balaban J connectivity index is 0. The van der Waals surface area contributed by atoms with E-state index in [0.29, 0.717) is 13.0 Å². The van der Waals surface area contributed by atoms with Crippen LogP contribution in [0.4, 0.5) is 0 Å². The molecule has 3 heteroatoms. The number of unbranched alkanes of at least 4 members (excludes halogenated alkanes) is 1. The fraction of sp³-hybridized carbons (Fsp3) is 0.750. The normalized spacial score (nSPS) is 10.8. The molecule has 0 radical (unpaired) electrons. The van der Waals surface area contributed by atoms with Crippen molar-refractivity contribution in [1.82, 2.24) is 0 Å². The van der Waals surface area contributed by atoms with E-state index in [2.05, 4.69) is 26.8 Å². The number of hydrogen-bond donors (Lipinski definition) is 0. The summed E-state index contributed by atoms with van der Waals surface area (Å²) in [4.78, 5) is 20.7. The quantitative estimate of drug-likeness (QED) is 0.375. The van der Waals surface area contributed by atoms with E-state index in [-0.39, 0.29) is 11.9 Å². The molecule has 0 aliphatic rings. The monoisotopic (exact) mass is 270 g/mol. The first-order valence-electron chi connectivity index (χ1n) is 7.22. The fourth-order valence-corrected chi connectivity index (χ4v) is 1.26. The summed E-state index contributed by atoms with van der Waals surface area (Å²) in [6.07, 6.45) is 7.76. The summed E-state index contributed by atoms with van der Waals surface area (Å²) >= 11 is 0. The Morgan fingerprint density at radius 1 is 1.26 bits per heavy atom. The molecule has 0 heterocycles. The van der Waals surface area contributed by atoms with Crippen LogP contribution in [-0.2, 0) is 14.3 Å². The summed E-state index contributed by atoms with van der Waals surface area (Å²) in [7, 11) is 0. The van der Waals surface area contributed by atoms with Crippen molar-refractivity contribution in [2.75, 3.05) is 6.61 Å². The first-order chi connectivity index (χ1) is 8.97. The Bertz CT molecular complexity index is 253. The van der Waals surface area contributed by atoms with Gasteiger partial charge in [0.2, 0.25) is 0 Å². The van der Waals surface area contributed by atoms with Crippen LogP contribution in [0.25, 0.3) is 0 Å². The van der Waals surface area contributed by atoms with Crippen LogP contribution in [0.15, 0.2) is 11.6 Å². The summed E-state index contributed by atoms with van der Waals surface area (Å²) in [6.45, 7) is 10.5. The first kappa shape index (κ1) is 20.2. The molecule has 0 spiro atoms. The van der Waals surface area contributed by atoms with E-state index in [4.69, 9.17) is 4.74 Å². The summed E-state index contributed by atoms with van der Waals surface area (Å²) in [5, 5.41) is 0. The first-order valence-corrected chi connectivity index (χ1v) is 7.22. The highest BCUT2D eigenvalue weighted by molar-refractivity contribution is 5.69. The third-order valence-corrected chi connectivity index (χ3v) is 2.45. The molecule has 0 rings (SSSR count). The van der Waals surface area contributed by atoms with E-state index in [1.54, 1.807) is 0 Å². The number of carbonyl (C=O) groups excluding carboxylic acids is 2. The minimum atomic E-state index is -0.0700.